The van der Waals surface area contributed by atoms with Crippen LogP contribution in [0.25, 0.3) is 10.9 Å². The highest BCUT2D eigenvalue weighted by atomic mass is 16.4. The standard InChI is InChI=1S/C13H15NO2/c1-8-5-9(2)13-10(6-8)7-11(14-13)3-4-12(15)16/h5-7,14H,3-4H2,1-2H3,(H,15,16). The second-order valence-corrected chi connectivity index (χ2v) is 4.23. The number of H-pyrrole nitrogens is 1. The summed E-state index contributed by atoms with van der Waals surface area (Å²) in [5, 5.41) is 9.80. The number of aromatic nitrogens is 1. The van der Waals surface area contributed by atoms with Crippen LogP contribution in [0.3, 0.4) is 0 Å². The lowest BCUT2D eigenvalue weighted by atomic mass is 10.1. The maximum atomic E-state index is 10.5. The van der Waals surface area contributed by atoms with Crippen LogP contribution in [-0.4, -0.2) is 16.1 Å². The van der Waals surface area contributed by atoms with Gasteiger partial charge in [-0.2, -0.15) is 0 Å². The summed E-state index contributed by atoms with van der Waals surface area (Å²) in [6, 6.07) is 6.28. The van der Waals surface area contributed by atoms with Crippen molar-refractivity contribution in [1.82, 2.24) is 4.98 Å². The highest BCUT2D eigenvalue weighted by Gasteiger charge is 2.05. The van der Waals surface area contributed by atoms with Gasteiger partial charge in [-0.05, 0) is 38.0 Å². The lowest BCUT2D eigenvalue weighted by Crippen LogP contribution is -1.97. The molecule has 2 N–H and O–H groups in total. The Kier molecular flexibility index (Phi) is 2.69. The van der Waals surface area contributed by atoms with E-state index in [0.717, 1.165) is 16.6 Å². The molecule has 0 saturated carbocycles. The minimum Gasteiger partial charge on any atom is -0.481 e. The van der Waals surface area contributed by atoms with Gasteiger partial charge in [-0.15, -0.1) is 0 Å². The van der Waals surface area contributed by atoms with Crippen LogP contribution >= 0.6 is 0 Å². The molecule has 1 aromatic carbocycles. The summed E-state index contributed by atoms with van der Waals surface area (Å²) in [6.45, 7) is 4.13. The van der Waals surface area contributed by atoms with Gasteiger partial charge >= 0.3 is 5.97 Å². The van der Waals surface area contributed by atoms with Crippen molar-refractivity contribution in [2.24, 2.45) is 0 Å². The number of carboxylic acids is 1. The van der Waals surface area contributed by atoms with Crippen LogP contribution in [0.5, 0.6) is 0 Å². The molecule has 1 aromatic heterocycles. The first-order valence-corrected chi connectivity index (χ1v) is 5.37. The average Bonchev–Trinajstić information content (AvgIpc) is 2.57. The van der Waals surface area contributed by atoms with E-state index in [4.69, 9.17) is 5.11 Å². The SMILES string of the molecule is Cc1cc(C)c2[nH]c(CCC(=O)O)cc2c1. The summed E-state index contributed by atoms with van der Waals surface area (Å²) in [5.41, 5.74) is 4.54. The molecule has 0 aliphatic heterocycles. The minimum absolute atomic E-state index is 0.171. The van der Waals surface area contributed by atoms with Crippen LogP contribution in [-0.2, 0) is 11.2 Å². The number of benzene rings is 1. The van der Waals surface area contributed by atoms with E-state index in [1.165, 1.54) is 11.1 Å². The first-order valence-electron chi connectivity index (χ1n) is 5.37. The predicted molar refractivity (Wildman–Crippen MR) is 63.7 cm³/mol. The molecule has 0 atom stereocenters. The molecule has 0 bridgehead atoms. The zero-order valence-corrected chi connectivity index (χ0v) is 9.50. The van der Waals surface area contributed by atoms with Crippen LogP contribution in [0.4, 0.5) is 0 Å². The van der Waals surface area contributed by atoms with Gasteiger partial charge in [-0.1, -0.05) is 11.6 Å². The third-order valence-electron chi connectivity index (χ3n) is 2.73. The number of aliphatic carboxylic acids is 1. The van der Waals surface area contributed by atoms with Crippen molar-refractivity contribution < 1.29 is 9.90 Å². The van der Waals surface area contributed by atoms with E-state index >= 15 is 0 Å². The predicted octanol–water partition coefficient (Wildman–Crippen LogP) is 2.80. The third kappa shape index (κ3) is 2.08. The number of fused-ring (bicyclic) bond motifs is 1. The van der Waals surface area contributed by atoms with Gasteiger partial charge in [-0.3, -0.25) is 4.79 Å². The smallest absolute Gasteiger partial charge is 0.303 e. The highest BCUT2D eigenvalue weighted by molar-refractivity contribution is 5.84. The van der Waals surface area contributed by atoms with Crippen molar-refractivity contribution in [3.05, 3.63) is 35.0 Å². The van der Waals surface area contributed by atoms with Gasteiger partial charge in [-0.25, -0.2) is 0 Å². The molecule has 0 spiro atoms. The maximum absolute atomic E-state index is 10.5. The Morgan fingerprint density at radius 3 is 2.75 bits per heavy atom. The van der Waals surface area contributed by atoms with Gasteiger partial charge in [0.2, 0.25) is 0 Å². The fraction of sp³-hybridized carbons (Fsp3) is 0.308. The van der Waals surface area contributed by atoms with Crippen molar-refractivity contribution in [2.45, 2.75) is 26.7 Å². The Morgan fingerprint density at radius 1 is 1.31 bits per heavy atom. The number of rotatable bonds is 3. The van der Waals surface area contributed by atoms with E-state index in [1.54, 1.807) is 0 Å². The lowest BCUT2D eigenvalue weighted by Gasteiger charge is -1.98. The molecular weight excluding hydrogens is 202 g/mol. The number of hydrogen-bond donors (Lipinski definition) is 2. The van der Waals surface area contributed by atoms with Gasteiger partial charge in [0.1, 0.15) is 0 Å². The monoisotopic (exact) mass is 217 g/mol. The van der Waals surface area contributed by atoms with Gasteiger partial charge in [0.15, 0.2) is 0 Å². The Hall–Kier alpha value is -1.77. The Balaban J connectivity index is 2.36. The van der Waals surface area contributed by atoms with Gasteiger partial charge in [0, 0.05) is 16.6 Å². The largest absolute Gasteiger partial charge is 0.481 e. The summed E-state index contributed by atoms with van der Waals surface area (Å²) in [6.07, 6.45) is 0.730. The van der Waals surface area contributed by atoms with Crippen LogP contribution in [0.15, 0.2) is 18.2 Å². The number of aromatic amines is 1. The average molecular weight is 217 g/mol. The summed E-state index contributed by atoms with van der Waals surface area (Å²) < 4.78 is 0. The molecule has 0 amide bonds. The highest BCUT2D eigenvalue weighted by Crippen LogP contribution is 2.21. The van der Waals surface area contributed by atoms with Crippen molar-refractivity contribution in [2.75, 3.05) is 0 Å². The first kappa shape index (κ1) is 10.7. The summed E-state index contributed by atoms with van der Waals surface area (Å²) >= 11 is 0. The topological polar surface area (TPSA) is 53.1 Å². The van der Waals surface area contributed by atoms with E-state index < -0.39 is 5.97 Å². The first-order chi connectivity index (χ1) is 7.56. The fourth-order valence-electron chi connectivity index (χ4n) is 2.05. The zero-order chi connectivity index (χ0) is 11.7. The maximum Gasteiger partial charge on any atom is 0.303 e. The third-order valence-corrected chi connectivity index (χ3v) is 2.73. The summed E-state index contributed by atoms with van der Waals surface area (Å²) in [7, 11) is 0. The quantitative estimate of drug-likeness (QED) is 0.830. The number of nitrogens with one attached hydrogen (secondary N) is 1. The summed E-state index contributed by atoms with van der Waals surface area (Å²) in [5.74, 6) is -0.758. The molecule has 0 aliphatic rings. The normalized spacial score (nSPS) is 10.9. The van der Waals surface area contributed by atoms with Gasteiger partial charge < -0.3 is 10.1 Å². The van der Waals surface area contributed by atoms with Crippen LogP contribution in [0.2, 0.25) is 0 Å². The zero-order valence-electron chi connectivity index (χ0n) is 9.50. The molecule has 2 rings (SSSR count). The van der Waals surface area contributed by atoms with Crippen molar-refractivity contribution in [3.63, 3.8) is 0 Å². The van der Waals surface area contributed by atoms with E-state index in [9.17, 15) is 4.79 Å². The molecule has 3 heteroatoms. The number of carboxylic acid groups (broad SMARTS) is 1. The fourth-order valence-corrected chi connectivity index (χ4v) is 2.05. The van der Waals surface area contributed by atoms with E-state index in [-0.39, 0.29) is 6.42 Å². The van der Waals surface area contributed by atoms with Crippen molar-refractivity contribution in [1.29, 1.82) is 0 Å². The second-order valence-electron chi connectivity index (χ2n) is 4.23. The molecule has 16 heavy (non-hydrogen) atoms. The lowest BCUT2D eigenvalue weighted by molar-refractivity contribution is -0.136. The Morgan fingerprint density at radius 2 is 2.06 bits per heavy atom. The number of carbonyl (C=O) groups is 1. The molecule has 0 saturated heterocycles. The number of aryl methyl sites for hydroxylation is 3. The molecule has 0 fully saturated rings. The second kappa shape index (κ2) is 4.00. The molecule has 3 nitrogen and oxygen atoms in total. The summed E-state index contributed by atoms with van der Waals surface area (Å²) in [4.78, 5) is 13.8. The van der Waals surface area contributed by atoms with Crippen LogP contribution in [0.1, 0.15) is 23.2 Å². The number of hydrogen-bond acceptors (Lipinski definition) is 1. The van der Waals surface area contributed by atoms with Gasteiger partial charge in [0.25, 0.3) is 0 Å². The Labute approximate surface area is 94.1 Å². The van der Waals surface area contributed by atoms with E-state index in [0.29, 0.717) is 6.42 Å². The van der Waals surface area contributed by atoms with Crippen LogP contribution < -0.4 is 0 Å². The minimum atomic E-state index is -0.758. The van der Waals surface area contributed by atoms with Crippen molar-refractivity contribution in [3.8, 4) is 0 Å². The van der Waals surface area contributed by atoms with Gasteiger partial charge in [0.05, 0.1) is 6.42 Å². The van der Waals surface area contributed by atoms with E-state index in [2.05, 4.69) is 31.0 Å². The molecule has 84 valence electrons. The molecule has 1 heterocycles. The molecule has 2 aromatic rings. The molecule has 0 aliphatic carbocycles. The van der Waals surface area contributed by atoms with Crippen molar-refractivity contribution >= 4 is 16.9 Å². The van der Waals surface area contributed by atoms with E-state index in [1.807, 2.05) is 6.07 Å². The molecule has 0 unspecified atom stereocenters. The molecule has 0 radical (unpaired) electrons. The Bertz CT molecular complexity index is 540. The van der Waals surface area contributed by atoms with Crippen LogP contribution in [0, 0.1) is 13.8 Å². The molecular formula is C13H15NO2.